The summed E-state index contributed by atoms with van der Waals surface area (Å²) < 4.78 is 0.845. The zero-order chi connectivity index (χ0) is 5.98. The van der Waals surface area contributed by atoms with Crippen molar-refractivity contribution in [3.05, 3.63) is 28.7 Å². The Labute approximate surface area is 56.1 Å². The average Bonchev–Trinajstić information content (AvgIpc) is 1.64. The summed E-state index contributed by atoms with van der Waals surface area (Å²) in [6.45, 7) is 0. The molecule has 1 aromatic carbocycles. The van der Waals surface area contributed by atoms with Crippen LogP contribution in [0.1, 0.15) is 0 Å². The van der Waals surface area contributed by atoms with Crippen molar-refractivity contribution in [1.82, 2.24) is 0 Å². The highest BCUT2D eigenvalue weighted by Crippen LogP contribution is 2.14. The standard InChI is InChI=1S/C6H4BrO/c7-5-2-1-3-6(8)4-5/h2-4,8H. The Bertz CT molecular complexity index is 168. The normalized spacial score (nSPS) is 9.12. The molecule has 0 heterocycles. The van der Waals surface area contributed by atoms with E-state index in [2.05, 4.69) is 22.0 Å². The maximum absolute atomic E-state index is 8.75. The number of phenolic OH excluding ortho intramolecular Hbond substituents is 1. The lowest BCUT2D eigenvalue weighted by molar-refractivity contribution is 0.475. The fourth-order valence-corrected chi connectivity index (χ4v) is 0.798. The molecule has 1 N–H and O–H groups in total. The third-order valence-corrected chi connectivity index (χ3v) is 1.20. The maximum Gasteiger partial charge on any atom is 0.117 e. The van der Waals surface area contributed by atoms with E-state index in [0.717, 1.165) is 4.47 Å². The van der Waals surface area contributed by atoms with Gasteiger partial charge in [0, 0.05) is 4.47 Å². The van der Waals surface area contributed by atoms with Gasteiger partial charge < -0.3 is 5.11 Å². The van der Waals surface area contributed by atoms with Crippen LogP contribution in [0.15, 0.2) is 22.7 Å². The van der Waals surface area contributed by atoms with E-state index in [9.17, 15) is 0 Å². The number of aromatic hydroxyl groups is 1. The molecule has 1 rings (SSSR count). The second kappa shape index (κ2) is 2.18. The van der Waals surface area contributed by atoms with Gasteiger partial charge in [-0.2, -0.15) is 0 Å². The van der Waals surface area contributed by atoms with Crippen LogP contribution >= 0.6 is 15.9 Å². The smallest absolute Gasteiger partial charge is 0.117 e. The van der Waals surface area contributed by atoms with Crippen molar-refractivity contribution in [3.8, 4) is 5.75 Å². The van der Waals surface area contributed by atoms with E-state index >= 15 is 0 Å². The van der Waals surface area contributed by atoms with Crippen LogP contribution in [0.25, 0.3) is 0 Å². The molecule has 0 saturated heterocycles. The van der Waals surface area contributed by atoms with Gasteiger partial charge in [-0.05, 0) is 24.3 Å². The molecule has 0 amide bonds. The zero-order valence-electron chi connectivity index (χ0n) is 4.06. The van der Waals surface area contributed by atoms with E-state index < -0.39 is 0 Å². The molecule has 0 aliphatic heterocycles. The molecule has 0 atom stereocenters. The van der Waals surface area contributed by atoms with Crippen LogP contribution in [0.2, 0.25) is 0 Å². The quantitative estimate of drug-likeness (QED) is 0.634. The molecule has 2 heteroatoms. The van der Waals surface area contributed by atoms with Gasteiger partial charge in [-0.15, -0.1) is 0 Å². The monoisotopic (exact) mass is 171 g/mol. The third-order valence-electron chi connectivity index (χ3n) is 0.738. The van der Waals surface area contributed by atoms with Crippen LogP contribution in [0, 0.1) is 6.07 Å². The molecule has 0 spiro atoms. The molecule has 0 fully saturated rings. The van der Waals surface area contributed by atoms with Crippen LogP contribution in [0.4, 0.5) is 0 Å². The highest BCUT2D eigenvalue weighted by molar-refractivity contribution is 9.10. The third kappa shape index (κ3) is 1.23. The topological polar surface area (TPSA) is 20.2 Å². The number of benzene rings is 1. The van der Waals surface area contributed by atoms with Gasteiger partial charge in [-0.3, -0.25) is 0 Å². The molecule has 41 valence electrons. The fraction of sp³-hybridized carbons (Fsp3) is 0. The largest absolute Gasteiger partial charge is 0.508 e. The number of phenols is 1. The Kier molecular flexibility index (Phi) is 1.53. The predicted molar refractivity (Wildman–Crippen MR) is 34.6 cm³/mol. The Morgan fingerprint density at radius 2 is 2.25 bits per heavy atom. The summed E-state index contributed by atoms with van der Waals surface area (Å²) in [7, 11) is 0. The first-order valence-corrected chi connectivity index (χ1v) is 2.94. The van der Waals surface area contributed by atoms with Crippen LogP contribution < -0.4 is 0 Å². The SMILES string of the molecule is Oc1c[c]cc(Br)c1. The van der Waals surface area contributed by atoms with E-state index in [1.807, 2.05) is 0 Å². The number of halogens is 1. The van der Waals surface area contributed by atoms with E-state index in [1.54, 1.807) is 12.1 Å². The van der Waals surface area contributed by atoms with Gasteiger partial charge in [0.05, 0.1) is 0 Å². The predicted octanol–water partition coefficient (Wildman–Crippen LogP) is 1.95. The zero-order valence-corrected chi connectivity index (χ0v) is 5.64. The maximum atomic E-state index is 8.75. The molecule has 1 radical (unpaired) electrons. The highest BCUT2D eigenvalue weighted by atomic mass is 79.9. The van der Waals surface area contributed by atoms with Crippen molar-refractivity contribution < 1.29 is 5.11 Å². The molecule has 1 nitrogen and oxygen atoms in total. The van der Waals surface area contributed by atoms with Gasteiger partial charge in [-0.25, -0.2) is 0 Å². The van der Waals surface area contributed by atoms with Crippen LogP contribution in [0.3, 0.4) is 0 Å². The summed E-state index contributed by atoms with van der Waals surface area (Å²) >= 11 is 3.17. The van der Waals surface area contributed by atoms with Crippen molar-refractivity contribution in [2.24, 2.45) is 0 Å². The summed E-state index contributed by atoms with van der Waals surface area (Å²) in [6, 6.07) is 7.58. The van der Waals surface area contributed by atoms with Crippen LogP contribution in [-0.2, 0) is 0 Å². The van der Waals surface area contributed by atoms with E-state index in [1.165, 1.54) is 6.07 Å². The summed E-state index contributed by atoms with van der Waals surface area (Å²) in [5, 5.41) is 8.75. The van der Waals surface area contributed by atoms with Crippen molar-refractivity contribution in [2.75, 3.05) is 0 Å². The average molecular weight is 172 g/mol. The number of hydrogen-bond acceptors (Lipinski definition) is 1. The lowest BCUT2D eigenvalue weighted by Crippen LogP contribution is -1.62. The van der Waals surface area contributed by atoms with Crippen molar-refractivity contribution in [2.45, 2.75) is 0 Å². The molecule has 0 aliphatic carbocycles. The van der Waals surface area contributed by atoms with Gasteiger partial charge >= 0.3 is 0 Å². The first-order chi connectivity index (χ1) is 3.79. The second-order valence-corrected chi connectivity index (χ2v) is 2.33. The van der Waals surface area contributed by atoms with E-state index in [4.69, 9.17) is 5.11 Å². The Hall–Kier alpha value is -0.500. The lowest BCUT2D eigenvalue weighted by atomic mass is 10.3. The summed E-state index contributed by atoms with van der Waals surface area (Å²) in [4.78, 5) is 0. The Balaban J connectivity index is 3.08. The van der Waals surface area contributed by atoms with Crippen molar-refractivity contribution in [1.29, 1.82) is 0 Å². The van der Waals surface area contributed by atoms with E-state index in [-0.39, 0.29) is 5.75 Å². The molecule has 8 heavy (non-hydrogen) atoms. The molecule has 1 aromatic rings. The number of rotatable bonds is 0. The van der Waals surface area contributed by atoms with Gasteiger partial charge in [0.1, 0.15) is 5.75 Å². The van der Waals surface area contributed by atoms with Gasteiger partial charge in [0.25, 0.3) is 0 Å². The summed E-state index contributed by atoms with van der Waals surface area (Å²) in [5.74, 6) is 0.236. The molecular formula is C6H4BrO. The number of hydrogen-bond donors (Lipinski definition) is 1. The molecule has 0 unspecified atom stereocenters. The highest BCUT2D eigenvalue weighted by Gasteiger charge is 1.85. The fourth-order valence-electron chi connectivity index (χ4n) is 0.431. The lowest BCUT2D eigenvalue weighted by Gasteiger charge is -1.87. The van der Waals surface area contributed by atoms with Gasteiger partial charge in [0.15, 0.2) is 0 Å². The van der Waals surface area contributed by atoms with Crippen molar-refractivity contribution in [3.63, 3.8) is 0 Å². The van der Waals surface area contributed by atoms with Gasteiger partial charge in [-0.1, -0.05) is 15.9 Å². The minimum atomic E-state index is 0.236. The minimum absolute atomic E-state index is 0.236. The van der Waals surface area contributed by atoms with Crippen LogP contribution in [0.5, 0.6) is 5.75 Å². The molecule has 0 bridgehead atoms. The molecular weight excluding hydrogens is 168 g/mol. The second-order valence-electron chi connectivity index (χ2n) is 1.41. The molecule has 0 saturated carbocycles. The van der Waals surface area contributed by atoms with Crippen molar-refractivity contribution >= 4 is 15.9 Å². The molecule has 0 aromatic heterocycles. The molecule has 0 aliphatic rings. The summed E-state index contributed by atoms with van der Waals surface area (Å²) in [5.41, 5.74) is 0. The first-order valence-electron chi connectivity index (χ1n) is 2.14. The summed E-state index contributed by atoms with van der Waals surface area (Å²) in [6.07, 6.45) is 0. The van der Waals surface area contributed by atoms with E-state index in [0.29, 0.717) is 0 Å². The first kappa shape index (κ1) is 5.63. The van der Waals surface area contributed by atoms with Gasteiger partial charge in [0.2, 0.25) is 0 Å². The van der Waals surface area contributed by atoms with Crippen LogP contribution in [-0.4, -0.2) is 5.11 Å². The Morgan fingerprint density at radius 1 is 1.50 bits per heavy atom. The Morgan fingerprint density at radius 3 is 2.62 bits per heavy atom. The minimum Gasteiger partial charge on any atom is -0.508 e.